The van der Waals surface area contributed by atoms with Crippen LogP contribution in [-0.4, -0.2) is 42.3 Å². The van der Waals surface area contributed by atoms with Crippen molar-refractivity contribution in [2.24, 2.45) is 4.99 Å². The summed E-state index contributed by atoms with van der Waals surface area (Å²) in [4.78, 5) is 10.3. The average molecular weight is 520 g/mol. The second-order valence-corrected chi connectivity index (χ2v) is 7.84. The molecule has 0 aliphatic carbocycles. The number of rotatable bonds is 4. The van der Waals surface area contributed by atoms with E-state index >= 15 is 0 Å². The molecule has 1 atom stereocenters. The number of hydrogen-bond donors (Lipinski definition) is 2. The molecule has 2 aromatic rings. The Morgan fingerprint density at radius 2 is 2.00 bits per heavy atom. The van der Waals surface area contributed by atoms with Gasteiger partial charge in [0.2, 0.25) is 5.89 Å². The Bertz CT molecular complexity index is 831. The first-order chi connectivity index (χ1) is 13.3. The monoisotopic (exact) mass is 520 g/mol. The molecule has 1 aliphatic rings. The molecule has 7 nitrogen and oxygen atoms in total. The second kappa shape index (κ2) is 9.68. The molecular weight excluding hydrogens is 493 g/mol. The van der Waals surface area contributed by atoms with E-state index in [0.29, 0.717) is 37.3 Å². The van der Waals surface area contributed by atoms with E-state index in [1.54, 1.807) is 11.9 Å². The SMILES string of the molecule is CN=C(NCc1noc(C(C)(C)C)n1)NC1CCN(c2c(F)cccc2F)C1.I. The molecule has 1 aromatic heterocycles. The molecule has 1 unspecified atom stereocenters. The highest BCUT2D eigenvalue weighted by atomic mass is 127. The summed E-state index contributed by atoms with van der Waals surface area (Å²) in [6.45, 7) is 7.41. The van der Waals surface area contributed by atoms with Crippen molar-refractivity contribution in [3.63, 3.8) is 0 Å². The zero-order chi connectivity index (χ0) is 20.3. The third-order valence-corrected chi connectivity index (χ3v) is 4.53. The Kier molecular flexibility index (Phi) is 7.78. The van der Waals surface area contributed by atoms with Gasteiger partial charge in [-0.15, -0.1) is 24.0 Å². The molecule has 0 radical (unpaired) electrons. The van der Waals surface area contributed by atoms with Crippen LogP contribution in [0.4, 0.5) is 14.5 Å². The van der Waals surface area contributed by atoms with Gasteiger partial charge in [0.15, 0.2) is 11.8 Å². The van der Waals surface area contributed by atoms with Crippen LogP contribution in [0.25, 0.3) is 0 Å². The minimum absolute atomic E-state index is 0. The summed E-state index contributed by atoms with van der Waals surface area (Å²) in [5, 5.41) is 10.4. The molecule has 1 aromatic carbocycles. The van der Waals surface area contributed by atoms with Gasteiger partial charge in [-0.1, -0.05) is 32.0 Å². The first kappa shape index (κ1) is 23.3. The molecule has 1 aliphatic heterocycles. The molecule has 0 bridgehead atoms. The number of aromatic nitrogens is 2. The third kappa shape index (κ3) is 5.77. The molecule has 1 saturated heterocycles. The minimum atomic E-state index is -0.546. The number of halogens is 3. The maximum atomic E-state index is 14.0. The summed E-state index contributed by atoms with van der Waals surface area (Å²) in [7, 11) is 1.66. The highest BCUT2D eigenvalue weighted by molar-refractivity contribution is 14.0. The normalized spacial score (nSPS) is 17.2. The van der Waals surface area contributed by atoms with Crippen molar-refractivity contribution in [3.8, 4) is 0 Å². The largest absolute Gasteiger partial charge is 0.365 e. The van der Waals surface area contributed by atoms with Crippen molar-refractivity contribution in [3.05, 3.63) is 41.5 Å². The van der Waals surface area contributed by atoms with E-state index < -0.39 is 11.6 Å². The van der Waals surface area contributed by atoms with Gasteiger partial charge in [-0.05, 0) is 18.6 Å². The maximum Gasteiger partial charge on any atom is 0.232 e. The van der Waals surface area contributed by atoms with Crippen LogP contribution in [0, 0.1) is 11.6 Å². The Balaban J connectivity index is 0.00000300. The smallest absolute Gasteiger partial charge is 0.232 e. The highest BCUT2D eigenvalue weighted by Gasteiger charge is 2.27. The third-order valence-electron chi connectivity index (χ3n) is 4.53. The highest BCUT2D eigenvalue weighted by Crippen LogP contribution is 2.26. The van der Waals surface area contributed by atoms with Gasteiger partial charge in [0.1, 0.15) is 17.3 Å². The fraction of sp³-hybridized carbons (Fsp3) is 0.526. The summed E-state index contributed by atoms with van der Waals surface area (Å²) in [5.41, 5.74) is -0.184. The van der Waals surface area contributed by atoms with Crippen LogP contribution < -0.4 is 15.5 Å². The lowest BCUT2D eigenvalue weighted by atomic mass is 9.97. The van der Waals surface area contributed by atoms with E-state index in [4.69, 9.17) is 4.52 Å². The van der Waals surface area contributed by atoms with Crippen molar-refractivity contribution < 1.29 is 13.3 Å². The van der Waals surface area contributed by atoms with Gasteiger partial charge < -0.3 is 20.1 Å². The summed E-state index contributed by atoms with van der Waals surface area (Å²) in [5.74, 6) is 0.591. The molecular formula is C19H27F2IN6O. The fourth-order valence-electron chi connectivity index (χ4n) is 3.05. The lowest BCUT2D eigenvalue weighted by molar-refractivity contribution is 0.318. The predicted molar refractivity (Wildman–Crippen MR) is 119 cm³/mol. The lowest BCUT2D eigenvalue weighted by Gasteiger charge is -2.21. The molecule has 160 valence electrons. The number of hydrogen-bond acceptors (Lipinski definition) is 5. The Hall–Kier alpha value is -1.98. The van der Waals surface area contributed by atoms with Crippen molar-refractivity contribution in [2.45, 2.75) is 45.2 Å². The molecule has 3 rings (SSSR count). The molecule has 2 N–H and O–H groups in total. The summed E-state index contributed by atoms with van der Waals surface area (Å²) in [6.07, 6.45) is 0.741. The summed E-state index contributed by atoms with van der Waals surface area (Å²) < 4.78 is 33.3. The van der Waals surface area contributed by atoms with Crippen LogP contribution in [0.2, 0.25) is 0 Å². The van der Waals surface area contributed by atoms with Gasteiger partial charge in [-0.2, -0.15) is 4.98 Å². The van der Waals surface area contributed by atoms with Gasteiger partial charge in [-0.25, -0.2) is 8.78 Å². The van der Waals surface area contributed by atoms with Gasteiger partial charge in [0.05, 0.1) is 6.54 Å². The van der Waals surface area contributed by atoms with E-state index in [9.17, 15) is 8.78 Å². The summed E-state index contributed by atoms with van der Waals surface area (Å²) >= 11 is 0. The topological polar surface area (TPSA) is 78.6 Å². The van der Waals surface area contributed by atoms with Crippen LogP contribution in [0.15, 0.2) is 27.7 Å². The summed E-state index contributed by atoms with van der Waals surface area (Å²) in [6, 6.07) is 3.93. The van der Waals surface area contributed by atoms with Crippen molar-refractivity contribution in [2.75, 3.05) is 25.0 Å². The van der Waals surface area contributed by atoms with E-state index in [2.05, 4.69) is 25.8 Å². The minimum Gasteiger partial charge on any atom is -0.365 e. The number of aliphatic imine (C=N–C) groups is 1. The van der Waals surface area contributed by atoms with Crippen molar-refractivity contribution in [1.29, 1.82) is 0 Å². The van der Waals surface area contributed by atoms with Crippen LogP contribution in [-0.2, 0) is 12.0 Å². The van der Waals surface area contributed by atoms with E-state index in [1.807, 2.05) is 20.8 Å². The zero-order valence-electron chi connectivity index (χ0n) is 17.0. The van der Waals surface area contributed by atoms with E-state index in [0.717, 1.165) is 6.42 Å². The molecule has 1 fully saturated rings. The van der Waals surface area contributed by atoms with Crippen LogP contribution in [0.1, 0.15) is 38.9 Å². The van der Waals surface area contributed by atoms with Crippen LogP contribution in [0.5, 0.6) is 0 Å². The fourth-order valence-corrected chi connectivity index (χ4v) is 3.05. The molecule has 0 saturated carbocycles. The number of anilines is 1. The average Bonchev–Trinajstić information content (AvgIpc) is 3.28. The van der Waals surface area contributed by atoms with Crippen molar-refractivity contribution >= 4 is 35.6 Å². The standard InChI is InChI=1S/C19H26F2N6O.HI/c1-19(2,3)17-25-15(26-28-17)10-23-18(22-4)24-12-8-9-27(11-12)16-13(20)6-5-7-14(16)21;/h5-7,12H,8-11H2,1-4H3,(H2,22,23,24);1H. The van der Waals surface area contributed by atoms with Crippen molar-refractivity contribution in [1.82, 2.24) is 20.8 Å². The predicted octanol–water partition coefficient (Wildman–Crippen LogP) is 3.21. The molecule has 10 heteroatoms. The van der Waals surface area contributed by atoms with Crippen LogP contribution in [0.3, 0.4) is 0 Å². The quantitative estimate of drug-likeness (QED) is 0.367. The van der Waals surface area contributed by atoms with E-state index in [1.165, 1.54) is 18.2 Å². The molecule has 2 heterocycles. The number of nitrogens with zero attached hydrogens (tertiary/aromatic N) is 4. The van der Waals surface area contributed by atoms with Gasteiger partial charge >= 0.3 is 0 Å². The first-order valence-corrected chi connectivity index (χ1v) is 9.27. The maximum absolute atomic E-state index is 14.0. The first-order valence-electron chi connectivity index (χ1n) is 9.27. The van der Waals surface area contributed by atoms with E-state index in [-0.39, 0.29) is 41.1 Å². The Morgan fingerprint density at radius 1 is 1.31 bits per heavy atom. The number of guanidine groups is 1. The van der Waals surface area contributed by atoms with Crippen LogP contribution >= 0.6 is 24.0 Å². The molecule has 0 spiro atoms. The molecule has 0 amide bonds. The zero-order valence-corrected chi connectivity index (χ0v) is 19.3. The van der Waals surface area contributed by atoms with Gasteiger partial charge in [0.25, 0.3) is 0 Å². The second-order valence-electron chi connectivity index (χ2n) is 7.84. The number of para-hydroxylation sites is 1. The Morgan fingerprint density at radius 3 is 2.59 bits per heavy atom. The Labute approximate surface area is 186 Å². The lowest BCUT2D eigenvalue weighted by Crippen LogP contribution is -2.44. The van der Waals surface area contributed by atoms with Gasteiger partial charge in [0, 0.05) is 31.6 Å². The number of benzene rings is 1. The molecule has 29 heavy (non-hydrogen) atoms. The van der Waals surface area contributed by atoms with Gasteiger partial charge in [-0.3, -0.25) is 4.99 Å². The number of nitrogens with one attached hydrogen (secondary N) is 2.